The minimum absolute atomic E-state index is 0.0306. The molecule has 6 heteroatoms. The fourth-order valence-electron chi connectivity index (χ4n) is 4.06. The third kappa shape index (κ3) is 3.50. The molecule has 29 heavy (non-hydrogen) atoms. The SMILES string of the molecule is Cc1c(C#N)cccc1[C@@H](C)Nc1nnc(C)c2ccc(N3CC(C)(O)C3)cc12. The molecule has 0 saturated carbocycles. The van der Waals surface area contributed by atoms with Crippen molar-refractivity contribution in [3.8, 4) is 6.07 Å². The van der Waals surface area contributed by atoms with Crippen LogP contribution in [0.15, 0.2) is 36.4 Å². The van der Waals surface area contributed by atoms with E-state index in [1.54, 1.807) is 0 Å². The number of rotatable bonds is 4. The molecule has 0 aliphatic carbocycles. The molecular weight excluding hydrogens is 362 g/mol. The van der Waals surface area contributed by atoms with Crippen molar-refractivity contribution in [2.24, 2.45) is 0 Å². The van der Waals surface area contributed by atoms with Crippen molar-refractivity contribution in [1.29, 1.82) is 5.26 Å². The second-order valence-electron chi connectivity index (χ2n) is 8.21. The molecule has 2 heterocycles. The van der Waals surface area contributed by atoms with Gasteiger partial charge in [0, 0.05) is 29.5 Å². The van der Waals surface area contributed by atoms with Crippen LogP contribution in [-0.2, 0) is 0 Å². The van der Waals surface area contributed by atoms with E-state index >= 15 is 0 Å². The number of anilines is 2. The molecule has 0 amide bonds. The Morgan fingerprint density at radius 2 is 1.93 bits per heavy atom. The number of β-amino-alcohol motifs (C(OH)–C–C–N with tert-alkyl or cyclic N) is 1. The molecule has 1 aliphatic rings. The Morgan fingerprint density at radius 1 is 1.17 bits per heavy atom. The highest BCUT2D eigenvalue weighted by atomic mass is 16.3. The second-order valence-corrected chi connectivity index (χ2v) is 8.21. The Kier molecular flexibility index (Phi) is 4.64. The predicted molar refractivity (Wildman–Crippen MR) is 115 cm³/mol. The minimum Gasteiger partial charge on any atom is -0.386 e. The van der Waals surface area contributed by atoms with Gasteiger partial charge in [-0.2, -0.15) is 10.4 Å². The lowest BCUT2D eigenvalue weighted by atomic mass is 9.95. The number of aliphatic hydroxyl groups is 1. The largest absolute Gasteiger partial charge is 0.386 e. The van der Waals surface area contributed by atoms with Crippen LogP contribution in [0.4, 0.5) is 11.5 Å². The lowest BCUT2D eigenvalue weighted by molar-refractivity contribution is 0.0310. The summed E-state index contributed by atoms with van der Waals surface area (Å²) in [7, 11) is 0. The van der Waals surface area contributed by atoms with E-state index in [1.165, 1.54) is 0 Å². The molecule has 6 nitrogen and oxygen atoms in total. The van der Waals surface area contributed by atoms with Gasteiger partial charge in [0.15, 0.2) is 5.82 Å². The van der Waals surface area contributed by atoms with E-state index in [-0.39, 0.29) is 6.04 Å². The van der Waals surface area contributed by atoms with Gasteiger partial charge in [0.25, 0.3) is 0 Å². The number of nitriles is 1. The van der Waals surface area contributed by atoms with E-state index in [0.29, 0.717) is 24.5 Å². The highest BCUT2D eigenvalue weighted by Gasteiger charge is 2.36. The average Bonchev–Trinajstić information content (AvgIpc) is 2.68. The first-order valence-corrected chi connectivity index (χ1v) is 9.79. The van der Waals surface area contributed by atoms with Crippen LogP contribution in [0.25, 0.3) is 10.8 Å². The molecule has 0 unspecified atom stereocenters. The number of benzene rings is 2. The summed E-state index contributed by atoms with van der Waals surface area (Å²) < 4.78 is 0. The number of aromatic nitrogens is 2. The van der Waals surface area contributed by atoms with Crippen molar-refractivity contribution in [3.05, 3.63) is 58.8 Å². The zero-order valence-electron chi connectivity index (χ0n) is 17.2. The van der Waals surface area contributed by atoms with Gasteiger partial charge in [-0.05, 0) is 57.0 Å². The van der Waals surface area contributed by atoms with Crippen molar-refractivity contribution < 1.29 is 5.11 Å². The van der Waals surface area contributed by atoms with Crippen molar-refractivity contribution in [2.45, 2.75) is 39.3 Å². The standard InChI is InChI=1S/C23H25N5O/c1-14-17(11-24)6-5-7-19(14)15(2)25-22-21-10-18(28-12-23(4,29)13-28)8-9-20(21)16(3)26-27-22/h5-10,15,29H,12-13H2,1-4H3,(H,25,27)/t15-/m1/s1. The van der Waals surface area contributed by atoms with Gasteiger partial charge in [-0.1, -0.05) is 18.2 Å². The van der Waals surface area contributed by atoms with Crippen LogP contribution in [0.5, 0.6) is 0 Å². The van der Waals surface area contributed by atoms with Crippen LogP contribution in [-0.4, -0.2) is 34.0 Å². The highest BCUT2D eigenvalue weighted by molar-refractivity contribution is 5.95. The van der Waals surface area contributed by atoms with Crippen molar-refractivity contribution >= 4 is 22.3 Å². The van der Waals surface area contributed by atoms with Gasteiger partial charge in [0.2, 0.25) is 0 Å². The number of hydrogen-bond acceptors (Lipinski definition) is 6. The first kappa shape index (κ1) is 19.2. The molecule has 1 fully saturated rings. The Morgan fingerprint density at radius 3 is 2.62 bits per heavy atom. The van der Waals surface area contributed by atoms with Gasteiger partial charge in [0.05, 0.1) is 29.0 Å². The molecule has 1 atom stereocenters. The lowest BCUT2D eigenvalue weighted by Crippen LogP contribution is -2.60. The first-order valence-electron chi connectivity index (χ1n) is 9.79. The van der Waals surface area contributed by atoms with Gasteiger partial charge >= 0.3 is 0 Å². The van der Waals surface area contributed by atoms with Crippen LogP contribution in [0, 0.1) is 25.2 Å². The maximum absolute atomic E-state index is 10.1. The molecule has 3 aromatic rings. The fraction of sp³-hybridized carbons (Fsp3) is 0.348. The summed E-state index contributed by atoms with van der Waals surface area (Å²) in [5, 5.41) is 33.7. The number of hydrogen-bond donors (Lipinski definition) is 2. The van der Waals surface area contributed by atoms with E-state index in [0.717, 1.165) is 33.3 Å². The van der Waals surface area contributed by atoms with Crippen molar-refractivity contribution in [2.75, 3.05) is 23.3 Å². The number of nitrogens with zero attached hydrogens (tertiary/aromatic N) is 4. The van der Waals surface area contributed by atoms with Crippen molar-refractivity contribution in [3.63, 3.8) is 0 Å². The Labute approximate surface area is 170 Å². The Hall–Kier alpha value is -3.17. The van der Waals surface area contributed by atoms with E-state index < -0.39 is 5.60 Å². The summed E-state index contributed by atoms with van der Waals surface area (Å²) in [6, 6.07) is 14.2. The predicted octanol–water partition coefficient (Wildman–Crippen LogP) is 3.86. The number of nitrogens with one attached hydrogen (secondary N) is 1. The number of aryl methyl sites for hydroxylation is 1. The van der Waals surface area contributed by atoms with Crippen LogP contribution >= 0.6 is 0 Å². The van der Waals surface area contributed by atoms with Gasteiger partial charge in [-0.15, -0.1) is 5.10 Å². The van der Waals surface area contributed by atoms with Gasteiger partial charge in [-0.25, -0.2) is 0 Å². The quantitative estimate of drug-likeness (QED) is 0.707. The van der Waals surface area contributed by atoms with Crippen LogP contribution in [0.1, 0.15) is 42.3 Å². The maximum Gasteiger partial charge on any atom is 0.157 e. The summed E-state index contributed by atoms with van der Waals surface area (Å²) >= 11 is 0. The molecule has 2 N–H and O–H groups in total. The third-order valence-corrected chi connectivity index (χ3v) is 5.69. The smallest absolute Gasteiger partial charge is 0.157 e. The molecule has 0 bridgehead atoms. The molecule has 148 valence electrons. The highest BCUT2D eigenvalue weighted by Crippen LogP contribution is 2.34. The molecule has 4 rings (SSSR count). The van der Waals surface area contributed by atoms with Gasteiger partial charge < -0.3 is 15.3 Å². The average molecular weight is 387 g/mol. The van der Waals surface area contributed by atoms with Crippen LogP contribution in [0.2, 0.25) is 0 Å². The van der Waals surface area contributed by atoms with Crippen LogP contribution in [0.3, 0.4) is 0 Å². The molecule has 0 radical (unpaired) electrons. The summed E-state index contributed by atoms with van der Waals surface area (Å²) in [6.45, 7) is 9.08. The van der Waals surface area contributed by atoms with E-state index in [2.05, 4.69) is 51.6 Å². The second kappa shape index (κ2) is 7.02. The van der Waals surface area contributed by atoms with Crippen LogP contribution < -0.4 is 10.2 Å². The zero-order valence-corrected chi connectivity index (χ0v) is 17.2. The topological polar surface area (TPSA) is 85.1 Å². The third-order valence-electron chi connectivity index (χ3n) is 5.69. The molecule has 2 aromatic carbocycles. The molecule has 1 saturated heterocycles. The molecule has 1 aromatic heterocycles. The Bertz CT molecular complexity index is 1120. The monoisotopic (exact) mass is 387 g/mol. The summed E-state index contributed by atoms with van der Waals surface area (Å²) in [5.74, 6) is 0.717. The summed E-state index contributed by atoms with van der Waals surface area (Å²) in [5.41, 5.74) is 4.04. The van der Waals surface area contributed by atoms with E-state index in [9.17, 15) is 10.4 Å². The summed E-state index contributed by atoms with van der Waals surface area (Å²) in [4.78, 5) is 2.16. The lowest BCUT2D eigenvalue weighted by Gasteiger charge is -2.45. The Balaban J connectivity index is 1.70. The fourth-order valence-corrected chi connectivity index (χ4v) is 4.06. The normalized spacial score (nSPS) is 16.2. The molecule has 1 aliphatic heterocycles. The molecular formula is C23H25N5O. The van der Waals surface area contributed by atoms with Gasteiger partial charge in [-0.3, -0.25) is 0 Å². The van der Waals surface area contributed by atoms with Crippen molar-refractivity contribution in [1.82, 2.24) is 10.2 Å². The molecule has 0 spiro atoms. The maximum atomic E-state index is 10.1. The van der Waals surface area contributed by atoms with Gasteiger partial charge in [0.1, 0.15) is 0 Å². The van der Waals surface area contributed by atoms with E-state index in [4.69, 9.17) is 0 Å². The minimum atomic E-state index is -0.625. The summed E-state index contributed by atoms with van der Waals surface area (Å²) in [6.07, 6.45) is 0. The number of fused-ring (bicyclic) bond motifs is 1. The zero-order chi connectivity index (χ0) is 20.8. The first-order chi connectivity index (χ1) is 13.8. The van der Waals surface area contributed by atoms with E-state index in [1.807, 2.05) is 39.0 Å².